The summed E-state index contributed by atoms with van der Waals surface area (Å²) < 4.78 is 21.3. The van der Waals surface area contributed by atoms with Gasteiger partial charge in [0.1, 0.15) is 5.60 Å². The zero-order chi connectivity index (χ0) is 23.0. The summed E-state index contributed by atoms with van der Waals surface area (Å²) in [6.07, 6.45) is 6.78. The van der Waals surface area contributed by atoms with E-state index in [1.165, 1.54) is 0 Å². The highest BCUT2D eigenvalue weighted by Crippen LogP contribution is 2.37. The molecule has 2 aromatic heterocycles. The summed E-state index contributed by atoms with van der Waals surface area (Å²) >= 11 is 0. The van der Waals surface area contributed by atoms with Crippen LogP contribution in [0.4, 0.5) is 9.18 Å². The van der Waals surface area contributed by atoms with Crippen LogP contribution in [0.15, 0.2) is 36.7 Å². The summed E-state index contributed by atoms with van der Waals surface area (Å²) in [6.45, 7) is 10.4. The molecule has 1 N–H and O–H groups in total. The van der Waals surface area contributed by atoms with E-state index >= 15 is 4.39 Å². The number of hydrogen-bond acceptors (Lipinski definition) is 3. The first-order chi connectivity index (χ1) is 15.2. The number of ether oxygens (including phenoxy) is 1. The number of rotatable bonds is 3. The van der Waals surface area contributed by atoms with E-state index in [0.717, 1.165) is 39.8 Å². The molecular weight excluding hydrogens is 405 g/mol. The minimum atomic E-state index is -0.575. The van der Waals surface area contributed by atoms with Crippen LogP contribution in [0.3, 0.4) is 0 Å². The van der Waals surface area contributed by atoms with E-state index in [2.05, 4.69) is 16.9 Å². The fourth-order valence-corrected chi connectivity index (χ4v) is 4.25. The Morgan fingerprint density at radius 2 is 2.03 bits per heavy atom. The van der Waals surface area contributed by atoms with Crippen molar-refractivity contribution >= 4 is 22.6 Å². The Morgan fingerprint density at radius 1 is 1.25 bits per heavy atom. The molecule has 0 fully saturated rings. The Bertz CT molecular complexity index is 1200. The van der Waals surface area contributed by atoms with Crippen molar-refractivity contribution < 1.29 is 13.9 Å². The number of pyridine rings is 1. The molecule has 1 aliphatic heterocycles. The largest absolute Gasteiger partial charge is 0.444 e. The van der Waals surface area contributed by atoms with Gasteiger partial charge < -0.3 is 14.6 Å². The molecular formula is C26H30FN3O2. The third-order valence-corrected chi connectivity index (χ3v) is 5.72. The number of amides is 1. The maximum atomic E-state index is 15.7. The molecule has 1 amide bonds. The number of fused-ring (bicyclic) bond motifs is 1. The maximum Gasteiger partial charge on any atom is 0.410 e. The molecule has 0 bridgehead atoms. The molecule has 5 nitrogen and oxygen atoms in total. The molecule has 1 aliphatic rings. The Hall–Kier alpha value is -3.15. The Kier molecular flexibility index (Phi) is 5.80. The van der Waals surface area contributed by atoms with Crippen molar-refractivity contribution in [3.8, 4) is 11.1 Å². The summed E-state index contributed by atoms with van der Waals surface area (Å²) in [5.41, 5.74) is 5.20. The predicted octanol–water partition coefficient (Wildman–Crippen LogP) is 6.26. The lowest BCUT2D eigenvalue weighted by Gasteiger charge is -2.30. The first-order valence-electron chi connectivity index (χ1n) is 11.1. The standard InChI is InChI=1S/C26H30FN3O2/c1-6-17-9-10-28-14-22(17)20-13-19(23(27)24-21(20)12-16(2)29-24)18-8-7-11-30(15-18)25(31)32-26(3,4)5/h8-10,12-14,29H,6-7,11,15H2,1-5H3. The number of halogens is 1. The monoisotopic (exact) mass is 435 g/mol. The van der Waals surface area contributed by atoms with Gasteiger partial charge in [-0.1, -0.05) is 13.0 Å². The number of nitrogens with zero attached hydrogens (tertiary/aromatic N) is 2. The second-order valence-corrected chi connectivity index (χ2v) is 9.33. The van der Waals surface area contributed by atoms with E-state index in [1.54, 1.807) is 11.1 Å². The average Bonchev–Trinajstić information content (AvgIpc) is 3.15. The molecule has 168 valence electrons. The molecule has 0 aliphatic carbocycles. The van der Waals surface area contributed by atoms with Crippen LogP contribution in [0.1, 0.15) is 50.9 Å². The van der Waals surface area contributed by atoms with Crippen LogP contribution in [0.25, 0.3) is 27.6 Å². The third-order valence-electron chi connectivity index (χ3n) is 5.72. The van der Waals surface area contributed by atoms with Crippen molar-refractivity contribution in [1.29, 1.82) is 0 Å². The van der Waals surface area contributed by atoms with Crippen LogP contribution >= 0.6 is 0 Å². The highest BCUT2D eigenvalue weighted by Gasteiger charge is 2.27. The van der Waals surface area contributed by atoms with Crippen molar-refractivity contribution in [2.24, 2.45) is 0 Å². The average molecular weight is 436 g/mol. The zero-order valence-corrected chi connectivity index (χ0v) is 19.4. The van der Waals surface area contributed by atoms with E-state index in [-0.39, 0.29) is 11.9 Å². The van der Waals surface area contributed by atoms with Crippen LogP contribution < -0.4 is 0 Å². The summed E-state index contributed by atoms with van der Waals surface area (Å²) in [5, 5.41) is 0.840. The lowest BCUT2D eigenvalue weighted by Crippen LogP contribution is -2.39. The Labute approximate surface area is 188 Å². The number of benzene rings is 1. The van der Waals surface area contributed by atoms with Crippen LogP contribution in [0, 0.1) is 12.7 Å². The van der Waals surface area contributed by atoms with Crippen LogP contribution in [-0.4, -0.2) is 39.7 Å². The molecule has 4 rings (SSSR count). The SMILES string of the molecule is CCc1ccncc1-c1cc(C2=CCCN(C(=O)OC(C)(C)C)C2)c(F)c2[nH]c(C)cc12. The van der Waals surface area contributed by atoms with E-state index < -0.39 is 5.60 Å². The maximum absolute atomic E-state index is 15.7. The fraction of sp³-hybridized carbons (Fsp3) is 0.385. The third kappa shape index (κ3) is 4.27. The molecule has 6 heteroatoms. The molecule has 0 saturated heterocycles. The quantitative estimate of drug-likeness (QED) is 0.528. The van der Waals surface area contributed by atoms with Crippen LogP contribution in [0.2, 0.25) is 0 Å². The van der Waals surface area contributed by atoms with E-state index in [9.17, 15) is 4.79 Å². The summed E-state index contributed by atoms with van der Waals surface area (Å²) in [6, 6.07) is 5.89. The van der Waals surface area contributed by atoms with Crippen molar-refractivity contribution in [3.05, 3.63) is 59.3 Å². The number of aromatic amines is 1. The molecule has 3 heterocycles. The topological polar surface area (TPSA) is 58.2 Å². The van der Waals surface area contributed by atoms with Crippen molar-refractivity contribution in [2.75, 3.05) is 13.1 Å². The van der Waals surface area contributed by atoms with Gasteiger partial charge in [0.15, 0.2) is 5.82 Å². The van der Waals surface area contributed by atoms with E-state index in [0.29, 0.717) is 30.6 Å². The van der Waals surface area contributed by atoms with Crippen molar-refractivity contribution in [1.82, 2.24) is 14.9 Å². The van der Waals surface area contributed by atoms with Gasteiger partial charge in [-0.25, -0.2) is 9.18 Å². The van der Waals surface area contributed by atoms with Gasteiger partial charge in [0.05, 0.1) is 5.52 Å². The minimum absolute atomic E-state index is 0.295. The van der Waals surface area contributed by atoms with Crippen LogP contribution in [-0.2, 0) is 11.2 Å². The minimum Gasteiger partial charge on any atom is -0.444 e. The molecule has 0 spiro atoms. The second kappa shape index (κ2) is 8.41. The number of aromatic nitrogens is 2. The number of carbonyl (C=O) groups excluding carboxylic acids is 1. The number of nitrogens with one attached hydrogen (secondary N) is 1. The molecule has 0 radical (unpaired) electrons. The second-order valence-electron chi connectivity index (χ2n) is 9.33. The number of carbonyl (C=O) groups is 1. The smallest absolute Gasteiger partial charge is 0.410 e. The van der Waals surface area contributed by atoms with Gasteiger partial charge in [0.25, 0.3) is 0 Å². The van der Waals surface area contributed by atoms with Crippen molar-refractivity contribution in [3.63, 3.8) is 0 Å². The van der Waals surface area contributed by atoms with Gasteiger partial charge in [-0.3, -0.25) is 4.98 Å². The van der Waals surface area contributed by atoms with E-state index in [1.807, 2.05) is 58.2 Å². The highest BCUT2D eigenvalue weighted by atomic mass is 19.1. The van der Waals surface area contributed by atoms with Gasteiger partial charge in [-0.05, 0) is 75.4 Å². The molecule has 1 aromatic carbocycles. The lowest BCUT2D eigenvalue weighted by molar-refractivity contribution is 0.0273. The zero-order valence-electron chi connectivity index (χ0n) is 19.4. The molecule has 0 atom stereocenters. The van der Waals surface area contributed by atoms with Crippen molar-refractivity contribution in [2.45, 2.75) is 53.1 Å². The normalized spacial score (nSPS) is 14.6. The predicted molar refractivity (Wildman–Crippen MR) is 126 cm³/mol. The Balaban J connectivity index is 1.81. The number of aryl methyl sites for hydroxylation is 2. The van der Waals surface area contributed by atoms with Gasteiger partial charge in [0.2, 0.25) is 0 Å². The fourth-order valence-electron chi connectivity index (χ4n) is 4.25. The Morgan fingerprint density at radius 3 is 2.75 bits per heavy atom. The molecule has 0 saturated carbocycles. The first kappa shape index (κ1) is 22.1. The highest BCUT2D eigenvalue weighted by molar-refractivity contribution is 5.99. The molecule has 0 unspecified atom stereocenters. The number of H-pyrrole nitrogens is 1. The van der Waals surface area contributed by atoms with Gasteiger partial charge in [0, 0.05) is 47.7 Å². The number of hydrogen-bond donors (Lipinski definition) is 1. The van der Waals surface area contributed by atoms with Gasteiger partial charge in [-0.2, -0.15) is 0 Å². The summed E-state index contributed by atoms with van der Waals surface area (Å²) in [7, 11) is 0. The summed E-state index contributed by atoms with van der Waals surface area (Å²) in [4.78, 5) is 21.8. The lowest BCUT2D eigenvalue weighted by atomic mass is 9.92. The van der Waals surface area contributed by atoms with Crippen LogP contribution in [0.5, 0.6) is 0 Å². The van der Waals surface area contributed by atoms with Gasteiger partial charge >= 0.3 is 6.09 Å². The molecule has 3 aromatic rings. The summed E-state index contributed by atoms with van der Waals surface area (Å²) in [5.74, 6) is -0.295. The first-order valence-corrected chi connectivity index (χ1v) is 11.1. The van der Waals surface area contributed by atoms with E-state index in [4.69, 9.17) is 4.74 Å². The van der Waals surface area contributed by atoms with Gasteiger partial charge in [-0.15, -0.1) is 0 Å². The molecule has 32 heavy (non-hydrogen) atoms.